The fraction of sp³-hybridized carbons (Fsp3) is 0.923. The van der Waals surface area contributed by atoms with Crippen LogP contribution >= 0.6 is 0 Å². The molecule has 118 valence electrons. The second-order valence-corrected chi connectivity index (χ2v) is 6.41. The highest BCUT2D eigenvalue weighted by Crippen LogP contribution is 2.39. The van der Waals surface area contributed by atoms with Crippen molar-refractivity contribution in [2.24, 2.45) is 5.92 Å². The Bertz CT molecular complexity index is 361. The van der Waals surface area contributed by atoms with Crippen molar-refractivity contribution in [3.63, 3.8) is 0 Å². The number of rotatable bonds is 1. The lowest BCUT2D eigenvalue weighted by molar-refractivity contribution is -0.275. The number of likely N-dealkylation sites (tertiary alicyclic amines) is 1. The Morgan fingerprint density at radius 3 is 2.25 bits per heavy atom. The lowest BCUT2D eigenvalue weighted by atomic mass is 9.82. The highest BCUT2D eigenvalue weighted by Gasteiger charge is 2.55. The molecule has 0 aromatic carbocycles. The van der Waals surface area contributed by atoms with Gasteiger partial charge in [-0.1, -0.05) is 0 Å². The molecule has 1 amide bonds. The van der Waals surface area contributed by atoms with Gasteiger partial charge in [0.2, 0.25) is 0 Å². The van der Waals surface area contributed by atoms with Crippen molar-refractivity contribution in [3.8, 4) is 0 Å². The summed E-state index contributed by atoms with van der Waals surface area (Å²) in [7, 11) is 0. The summed E-state index contributed by atoms with van der Waals surface area (Å²) in [5, 5.41) is 9.70. The molecule has 1 heterocycles. The third kappa shape index (κ3) is 4.01. The lowest BCUT2D eigenvalue weighted by Crippen LogP contribution is -2.55. The zero-order valence-corrected chi connectivity index (χ0v) is 12.3. The number of piperidine rings is 1. The Morgan fingerprint density at radius 2 is 1.80 bits per heavy atom. The van der Waals surface area contributed by atoms with E-state index in [-0.39, 0.29) is 13.0 Å². The predicted molar refractivity (Wildman–Crippen MR) is 67.2 cm³/mol. The molecule has 0 aliphatic carbocycles. The second kappa shape index (κ2) is 5.42. The Morgan fingerprint density at radius 1 is 1.25 bits per heavy atom. The zero-order valence-electron chi connectivity index (χ0n) is 12.3. The molecular weight excluding hydrogens is 275 g/mol. The molecule has 7 heteroatoms. The molecule has 0 aromatic heterocycles. The Kier molecular flexibility index (Phi) is 4.63. The van der Waals surface area contributed by atoms with Gasteiger partial charge in [-0.05, 0) is 40.5 Å². The molecule has 1 N–H and O–H groups in total. The summed E-state index contributed by atoms with van der Waals surface area (Å²) in [5.74, 6) is -1.04. The average Bonchev–Trinajstić information content (AvgIpc) is 2.25. The van der Waals surface area contributed by atoms with Crippen molar-refractivity contribution in [2.75, 3.05) is 13.1 Å². The molecular formula is C13H22F3NO3. The first-order valence-electron chi connectivity index (χ1n) is 6.61. The number of amides is 1. The molecule has 1 aliphatic heterocycles. The van der Waals surface area contributed by atoms with Gasteiger partial charge in [0.1, 0.15) is 5.60 Å². The lowest BCUT2D eigenvalue weighted by Gasteiger charge is -2.41. The fourth-order valence-corrected chi connectivity index (χ4v) is 2.16. The van der Waals surface area contributed by atoms with Gasteiger partial charge in [0.15, 0.2) is 5.60 Å². The van der Waals surface area contributed by atoms with E-state index < -0.39 is 29.4 Å². The van der Waals surface area contributed by atoms with Crippen LogP contribution in [0.4, 0.5) is 18.0 Å². The number of hydrogen-bond acceptors (Lipinski definition) is 3. The van der Waals surface area contributed by atoms with Crippen LogP contribution in [0.1, 0.15) is 40.5 Å². The number of aliphatic hydroxyl groups is 1. The largest absolute Gasteiger partial charge is 0.444 e. The van der Waals surface area contributed by atoms with Crippen LogP contribution in [0.15, 0.2) is 0 Å². The number of ether oxygens (including phenoxy) is 1. The fourth-order valence-electron chi connectivity index (χ4n) is 2.16. The maximum absolute atomic E-state index is 12.8. The number of carbonyl (C=O) groups is 1. The number of alkyl halides is 3. The maximum Gasteiger partial charge on any atom is 0.417 e. The first-order chi connectivity index (χ1) is 8.84. The average molecular weight is 297 g/mol. The SMILES string of the molecule is CC(C)(C)OC(=O)N1CCC[C@H]([C@@](C)(O)C(F)(F)F)C1. The van der Waals surface area contributed by atoms with Gasteiger partial charge in [-0.3, -0.25) is 0 Å². The third-order valence-electron chi connectivity index (χ3n) is 3.44. The molecule has 1 aliphatic rings. The molecule has 1 fully saturated rings. The molecule has 0 unspecified atom stereocenters. The number of halogens is 3. The van der Waals surface area contributed by atoms with Crippen molar-refractivity contribution >= 4 is 6.09 Å². The Balaban J connectivity index is 2.75. The van der Waals surface area contributed by atoms with Crippen LogP contribution in [0.25, 0.3) is 0 Å². The van der Waals surface area contributed by atoms with Gasteiger partial charge < -0.3 is 14.7 Å². The van der Waals surface area contributed by atoms with E-state index in [0.717, 1.165) is 6.92 Å². The van der Waals surface area contributed by atoms with E-state index >= 15 is 0 Å². The first kappa shape index (κ1) is 17.1. The van der Waals surface area contributed by atoms with Crippen LogP contribution in [0.3, 0.4) is 0 Å². The predicted octanol–water partition coefficient (Wildman–Crippen LogP) is 2.95. The molecule has 20 heavy (non-hydrogen) atoms. The van der Waals surface area contributed by atoms with Crippen LogP contribution in [0, 0.1) is 5.92 Å². The molecule has 0 spiro atoms. The summed E-state index contributed by atoms with van der Waals surface area (Å²) >= 11 is 0. The van der Waals surface area contributed by atoms with Gasteiger partial charge in [-0.2, -0.15) is 13.2 Å². The molecule has 4 nitrogen and oxygen atoms in total. The normalized spacial score (nSPS) is 24.2. The highest BCUT2D eigenvalue weighted by molar-refractivity contribution is 5.68. The number of hydrogen-bond donors (Lipinski definition) is 1. The van der Waals surface area contributed by atoms with Crippen molar-refractivity contribution in [1.82, 2.24) is 4.90 Å². The first-order valence-corrected chi connectivity index (χ1v) is 6.61. The maximum atomic E-state index is 12.8. The van der Waals surface area contributed by atoms with Crippen LogP contribution in [0.5, 0.6) is 0 Å². The molecule has 0 bridgehead atoms. The van der Waals surface area contributed by atoms with E-state index in [4.69, 9.17) is 4.74 Å². The van der Waals surface area contributed by atoms with Crippen LogP contribution in [0.2, 0.25) is 0 Å². The Labute approximate surface area is 116 Å². The van der Waals surface area contributed by atoms with Gasteiger partial charge in [0, 0.05) is 19.0 Å². The molecule has 0 radical (unpaired) electrons. The van der Waals surface area contributed by atoms with E-state index in [1.807, 2.05) is 0 Å². The van der Waals surface area contributed by atoms with Crippen molar-refractivity contribution in [2.45, 2.75) is 57.9 Å². The van der Waals surface area contributed by atoms with Gasteiger partial charge in [-0.15, -0.1) is 0 Å². The van der Waals surface area contributed by atoms with Crippen LogP contribution in [-0.4, -0.2) is 46.6 Å². The summed E-state index contributed by atoms with van der Waals surface area (Å²) in [6.07, 6.45) is -4.71. The van der Waals surface area contributed by atoms with E-state index in [1.54, 1.807) is 20.8 Å². The molecule has 0 aromatic rings. The summed E-state index contributed by atoms with van der Waals surface area (Å²) in [4.78, 5) is 13.1. The van der Waals surface area contributed by atoms with E-state index in [1.165, 1.54) is 4.90 Å². The van der Waals surface area contributed by atoms with Crippen LogP contribution in [-0.2, 0) is 4.74 Å². The Hall–Kier alpha value is -0.980. The zero-order chi connectivity index (χ0) is 15.8. The van der Waals surface area contributed by atoms with Gasteiger partial charge in [-0.25, -0.2) is 4.79 Å². The van der Waals surface area contributed by atoms with E-state index in [2.05, 4.69) is 0 Å². The minimum Gasteiger partial charge on any atom is -0.444 e. The van der Waals surface area contributed by atoms with Crippen molar-refractivity contribution in [3.05, 3.63) is 0 Å². The minimum atomic E-state index is -4.71. The molecule has 0 saturated carbocycles. The summed E-state index contributed by atoms with van der Waals surface area (Å²) in [6.45, 7) is 6.03. The smallest absolute Gasteiger partial charge is 0.417 e. The summed E-state index contributed by atoms with van der Waals surface area (Å²) in [5.41, 5.74) is -3.50. The quantitative estimate of drug-likeness (QED) is 0.809. The second-order valence-electron chi connectivity index (χ2n) is 6.41. The van der Waals surface area contributed by atoms with E-state index in [9.17, 15) is 23.1 Å². The van der Waals surface area contributed by atoms with Crippen molar-refractivity contribution < 1.29 is 27.8 Å². The van der Waals surface area contributed by atoms with Gasteiger partial charge >= 0.3 is 12.3 Å². The molecule has 1 saturated heterocycles. The summed E-state index contributed by atoms with van der Waals surface area (Å²) in [6, 6.07) is 0. The molecule has 1 rings (SSSR count). The van der Waals surface area contributed by atoms with Gasteiger partial charge in [0.05, 0.1) is 0 Å². The standard InChI is InChI=1S/C13H22F3NO3/c1-11(2,3)20-10(18)17-7-5-6-9(8-17)12(4,19)13(14,15)16/h9,19H,5-8H2,1-4H3/t9-,12+/m0/s1. The topological polar surface area (TPSA) is 49.8 Å². The van der Waals surface area contributed by atoms with Crippen LogP contribution < -0.4 is 0 Å². The number of carbonyl (C=O) groups excluding carboxylic acids is 1. The van der Waals surface area contributed by atoms with E-state index in [0.29, 0.717) is 13.0 Å². The van der Waals surface area contributed by atoms with Gasteiger partial charge in [0.25, 0.3) is 0 Å². The minimum absolute atomic E-state index is 0.151. The monoisotopic (exact) mass is 297 g/mol. The third-order valence-corrected chi connectivity index (χ3v) is 3.44. The number of nitrogens with zero attached hydrogens (tertiary/aromatic N) is 1. The summed E-state index contributed by atoms with van der Waals surface area (Å²) < 4.78 is 43.6. The highest BCUT2D eigenvalue weighted by atomic mass is 19.4. The van der Waals surface area contributed by atoms with Crippen molar-refractivity contribution in [1.29, 1.82) is 0 Å². The molecule has 2 atom stereocenters.